The van der Waals surface area contributed by atoms with Gasteiger partial charge in [0.15, 0.2) is 0 Å². The van der Waals surface area contributed by atoms with Crippen LogP contribution in [0.15, 0.2) is 64.1 Å². The van der Waals surface area contributed by atoms with Crippen LogP contribution >= 0.6 is 0 Å². The molecule has 1 atom stereocenters. The highest BCUT2D eigenvalue weighted by molar-refractivity contribution is 7.99. The number of benzene rings is 1. The van der Waals surface area contributed by atoms with E-state index in [2.05, 4.69) is 27.0 Å². The van der Waals surface area contributed by atoms with E-state index < -0.39 is 15.9 Å². The molecule has 172 valence electrons. The van der Waals surface area contributed by atoms with Crippen LogP contribution in [-0.4, -0.2) is 56.8 Å². The molecule has 1 aliphatic rings. The van der Waals surface area contributed by atoms with Crippen molar-refractivity contribution in [3.05, 3.63) is 60.7 Å². The predicted molar refractivity (Wildman–Crippen MR) is 129 cm³/mol. The lowest BCUT2D eigenvalue weighted by atomic mass is 10.1. The number of nitrogens with zero attached hydrogens (tertiary/aromatic N) is 5. The van der Waals surface area contributed by atoms with Gasteiger partial charge in [0, 0.05) is 30.4 Å². The number of H-pyrrole nitrogens is 1. The van der Waals surface area contributed by atoms with Crippen molar-refractivity contribution in [1.29, 1.82) is 0 Å². The van der Waals surface area contributed by atoms with Crippen molar-refractivity contribution in [1.82, 2.24) is 20.2 Å². The molecule has 1 saturated heterocycles. The molecule has 3 aromatic heterocycles. The van der Waals surface area contributed by atoms with Gasteiger partial charge < -0.3 is 14.2 Å². The number of nitrogens with one attached hydrogen (secondary N) is 1. The molecule has 5 rings (SSSR count). The second-order valence-electron chi connectivity index (χ2n) is 8.11. The maximum Gasteiger partial charge on any atom is 0.137 e. The first kappa shape index (κ1) is 21.6. The van der Waals surface area contributed by atoms with E-state index >= 15 is 0 Å². The van der Waals surface area contributed by atoms with Gasteiger partial charge >= 0.3 is 0 Å². The third-order valence-corrected chi connectivity index (χ3v) is 7.60. The van der Waals surface area contributed by atoms with Gasteiger partial charge in [-0.1, -0.05) is 22.2 Å². The van der Waals surface area contributed by atoms with Crippen molar-refractivity contribution in [2.75, 3.05) is 30.9 Å². The summed E-state index contributed by atoms with van der Waals surface area (Å²) >= 11 is 0. The number of aromatic amines is 1. The van der Waals surface area contributed by atoms with Gasteiger partial charge in [-0.25, -0.2) is 13.7 Å². The molecule has 1 fully saturated rings. The molecule has 2 N–H and O–H groups in total. The Kier molecular flexibility index (Phi) is 5.65. The highest BCUT2D eigenvalue weighted by Gasteiger charge is 2.23. The van der Waals surface area contributed by atoms with E-state index in [4.69, 9.17) is 14.1 Å². The Morgan fingerprint density at radius 1 is 1.24 bits per heavy atom. The summed E-state index contributed by atoms with van der Waals surface area (Å²) in [5.41, 5.74) is 2.53. The molecule has 0 saturated carbocycles. The van der Waals surface area contributed by atoms with Crippen LogP contribution in [0.2, 0.25) is 0 Å². The number of hydrogen-bond acceptors (Lipinski definition) is 6. The third kappa shape index (κ3) is 4.12. The molecule has 4 heterocycles. The van der Waals surface area contributed by atoms with Crippen LogP contribution in [0.25, 0.3) is 22.3 Å². The molecular formula is C23H25FN6O2S. The van der Waals surface area contributed by atoms with E-state index in [1.807, 2.05) is 18.2 Å². The fourth-order valence-electron chi connectivity index (χ4n) is 4.06. The first-order valence-electron chi connectivity index (χ1n) is 10.7. The topological polar surface area (TPSA) is 99.5 Å². The molecule has 0 bridgehead atoms. The molecule has 0 unspecified atom stereocenters. The maximum absolute atomic E-state index is 14.5. The Bertz CT molecular complexity index is 1350. The smallest absolute Gasteiger partial charge is 0.137 e. The lowest BCUT2D eigenvalue weighted by Gasteiger charge is -2.34. The van der Waals surface area contributed by atoms with Crippen molar-refractivity contribution >= 4 is 32.5 Å². The third-order valence-electron chi connectivity index (χ3n) is 5.72. The number of hydrogen-bond donors (Lipinski definition) is 3. The summed E-state index contributed by atoms with van der Waals surface area (Å²) in [4.78, 5) is 11.8. The van der Waals surface area contributed by atoms with Gasteiger partial charge in [0.1, 0.15) is 22.8 Å². The SMILES string of the molecule is C[C@@H]1COCCN1c1cc(N=[SH](C)(O)c2ccccc2F)c2ccnc(-c3ccn[nH]3)c2n1. The average Bonchev–Trinajstić information content (AvgIpc) is 3.34. The van der Waals surface area contributed by atoms with Gasteiger partial charge in [0.05, 0.1) is 35.5 Å². The second kappa shape index (κ2) is 8.62. The minimum absolute atomic E-state index is 0.116. The summed E-state index contributed by atoms with van der Waals surface area (Å²) in [7, 11) is -3.17. The predicted octanol–water partition coefficient (Wildman–Crippen LogP) is 4.25. The molecule has 1 aliphatic heterocycles. The van der Waals surface area contributed by atoms with Crippen molar-refractivity contribution in [2.24, 2.45) is 4.36 Å². The average molecular weight is 469 g/mol. The van der Waals surface area contributed by atoms with Crippen LogP contribution in [-0.2, 0) is 14.8 Å². The number of rotatable bonds is 4. The molecular weight excluding hydrogens is 443 g/mol. The number of halogens is 1. The number of ether oxygens (including phenoxy) is 1. The zero-order valence-electron chi connectivity index (χ0n) is 18.3. The van der Waals surface area contributed by atoms with E-state index in [0.29, 0.717) is 42.5 Å². The lowest BCUT2D eigenvalue weighted by Crippen LogP contribution is -2.44. The van der Waals surface area contributed by atoms with Crippen LogP contribution < -0.4 is 4.90 Å². The summed E-state index contributed by atoms with van der Waals surface area (Å²) in [6, 6.07) is 11.8. The monoisotopic (exact) mass is 468 g/mol. The summed E-state index contributed by atoms with van der Waals surface area (Å²) in [6.45, 7) is 3.94. The van der Waals surface area contributed by atoms with Crippen molar-refractivity contribution < 1.29 is 13.7 Å². The Labute approximate surface area is 191 Å². The normalized spacial score (nSPS) is 17.3. The van der Waals surface area contributed by atoms with Gasteiger partial charge in [-0.3, -0.25) is 10.1 Å². The van der Waals surface area contributed by atoms with E-state index in [1.165, 1.54) is 6.07 Å². The van der Waals surface area contributed by atoms with Crippen LogP contribution in [0, 0.1) is 5.82 Å². The van der Waals surface area contributed by atoms with Crippen LogP contribution in [0.5, 0.6) is 0 Å². The quantitative estimate of drug-likeness (QED) is 0.387. The largest absolute Gasteiger partial charge is 0.377 e. The van der Waals surface area contributed by atoms with E-state index in [0.717, 1.165) is 11.1 Å². The van der Waals surface area contributed by atoms with Crippen LogP contribution in [0.4, 0.5) is 15.9 Å². The molecule has 10 heteroatoms. The van der Waals surface area contributed by atoms with Crippen LogP contribution in [0.3, 0.4) is 0 Å². The molecule has 0 aliphatic carbocycles. The number of thiol groups is 1. The molecule has 33 heavy (non-hydrogen) atoms. The van der Waals surface area contributed by atoms with E-state index in [-0.39, 0.29) is 10.9 Å². The molecule has 0 spiro atoms. The summed E-state index contributed by atoms with van der Waals surface area (Å²) in [5, 5.41) is 7.71. The number of pyridine rings is 2. The van der Waals surface area contributed by atoms with Gasteiger partial charge in [-0.2, -0.15) is 5.10 Å². The molecule has 0 radical (unpaired) electrons. The van der Waals surface area contributed by atoms with Gasteiger partial charge in [0.2, 0.25) is 0 Å². The summed E-state index contributed by atoms with van der Waals surface area (Å²) in [5.74, 6) is 0.235. The highest BCUT2D eigenvalue weighted by Crippen LogP contribution is 2.36. The first-order valence-corrected chi connectivity index (χ1v) is 12.8. The van der Waals surface area contributed by atoms with Crippen molar-refractivity contribution in [3.8, 4) is 11.4 Å². The molecule has 0 amide bonds. The Hall–Kier alpha value is -3.21. The minimum Gasteiger partial charge on any atom is -0.377 e. The maximum atomic E-state index is 14.5. The first-order chi connectivity index (χ1) is 15.9. The standard InChI is InChI=1S/C23H25FN6O2S/c1-15-14-32-12-11-30(15)21-13-19(29-33(2,31)20-6-4-3-5-17(20)24)16-7-9-25-23(22(16)27-21)18-8-10-26-28-18/h3-10,13,15,33H,11-12,14H2,1-2H3,(H,26,28)(H,27,29,31)/t15-/m1/s1. The lowest BCUT2D eigenvalue weighted by molar-refractivity contribution is 0.0986. The molecule has 1 aromatic carbocycles. The van der Waals surface area contributed by atoms with Gasteiger partial charge in [-0.15, -0.1) is 0 Å². The zero-order chi connectivity index (χ0) is 23.0. The summed E-state index contributed by atoms with van der Waals surface area (Å²) < 4.78 is 36.1. The molecule has 8 nitrogen and oxygen atoms in total. The van der Waals surface area contributed by atoms with Gasteiger partial charge in [0.25, 0.3) is 0 Å². The number of fused-ring (bicyclic) bond motifs is 1. The van der Waals surface area contributed by atoms with Crippen LogP contribution in [0.1, 0.15) is 6.92 Å². The summed E-state index contributed by atoms with van der Waals surface area (Å²) in [6.07, 6.45) is 4.92. The fraction of sp³-hybridized carbons (Fsp3) is 0.261. The zero-order valence-corrected chi connectivity index (χ0v) is 19.2. The van der Waals surface area contributed by atoms with E-state index in [1.54, 1.807) is 36.8 Å². The van der Waals surface area contributed by atoms with Crippen molar-refractivity contribution in [3.63, 3.8) is 0 Å². The van der Waals surface area contributed by atoms with Gasteiger partial charge in [-0.05, 0) is 37.4 Å². The molecule has 4 aromatic rings. The fourth-order valence-corrected chi connectivity index (χ4v) is 5.60. The van der Waals surface area contributed by atoms with E-state index in [9.17, 15) is 8.94 Å². The number of aromatic nitrogens is 4. The Morgan fingerprint density at radius 3 is 2.85 bits per heavy atom. The minimum atomic E-state index is -3.17. The Balaban J connectivity index is 1.77. The highest BCUT2D eigenvalue weighted by atomic mass is 32.3. The second-order valence-corrected chi connectivity index (χ2v) is 10.6. The number of morpholine rings is 1. The van der Waals surface area contributed by atoms with Crippen molar-refractivity contribution in [2.45, 2.75) is 17.9 Å². The number of anilines is 1. The Morgan fingerprint density at radius 2 is 2.09 bits per heavy atom.